The molecule has 18 heavy (non-hydrogen) atoms. The van der Waals surface area contributed by atoms with Crippen molar-refractivity contribution >= 4 is 11.7 Å². The van der Waals surface area contributed by atoms with E-state index in [1.54, 1.807) is 13.4 Å². The van der Waals surface area contributed by atoms with Crippen LogP contribution in [0.3, 0.4) is 0 Å². The van der Waals surface area contributed by atoms with Gasteiger partial charge in [-0.15, -0.1) is 0 Å². The quantitative estimate of drug-likeness (QED) is 0.761. The second-order valence-electron chi connectivity index (χ2n) is 4.46. The van der Waals surface area contributed by atoms with E-state index in [4.69, 9.17) is 0 Å². The van der Waals surface area contributed by atoms with E-state index in [9.17, 15) is 4.79 Å². The molecule has 0 spiro atoms. The number of hydrogen-bond acceptors (Lipinski definition) is 5. The molecule has 0 aromatic carbocycles. The number of hydrogen-bond donors (Lipinski definition) is 2. The fourth-order valence-corrected chi connectivity index (χ4v) is 1.95. The molecule has 0 unspecified atom stereocenters. The lowest BCUT2D eigenvalue weighted by Gasteiger charge is -2.39. The monoisotopic (exact) mass is 249 g/mol. The maximum Gasteiger partial charge on any atom is 0.233 e. The average molecular weight is 249 g/mol. The number of carbonyl (C=O) groups is 1. The summed E-state index contributed by atoms with van der Waals surface area (Å²) in [7, 11) is 1.66. The maximum absolute atomic E-state index is 11.2. The van der Waals surface area contributed by atoms with Crippen LogP contribution in [0.25, 0.3) is 0 Å². The van der Waals surface area contributed by atoms with Crippen LogP contribution in [0, 0.1) is 0 Å². The zero-order valence-corrected chi connectivity index (χ0v) is 10.8. The molecular formula is C12H19N5O. The summed E-state index contributed by atoms with van der Waals surface area (Å²) in [4.78, 5) is 21.6. The highest BCUT2D eigenvalue weighted by Crippen LogP contribution is 2.13. The Bertz CT molecular complexity index is 417. The van der Waals surface area contributed by atoms with E-state index in [1.165, 1.54) is 0 Å². The van der Waals surface area contributed by atoms with Crippen LogP contribution in [0.2, 0.25) is 0 Å². The third kappa shape index (κ3) is 3.16. The summed E-state index contributed by atoms with van der Waals surface area (Å²) >= 11 is 0. The molecule has 1 aromatic heterocycles. The van der Waals surface area contributed by atoms with E-state index < -0.39 is 0 Å². The van der Waals surface area contributed by atoms with Gasteiger partial charge in [0.1, 0.15) is 12.1 Å². The van der Waals surface area contributed by atoms with E-state index in [-0.39, 0.29) is 5.91 Å². The average Bonchev–Trinajstić information content (AvgIpc) is 2.36. The lowest BCUT2D eigenvalue weighted by atomic mass is 10.1. The minimum atomic E-state index is 0.0590. The van der Waals surface area contributed by atoms with Gasteiger partial charge in [-0.25, -0.2) is 9.97 Å². The highest BCUT2D eigenvalue weighted by molar-refractivity contribution is 5.77. The first kappa shape index (κ1) is 12.8. The van der Waals surface area contributed by atoms with Gasteiger partial charge in [0.15, 0.2) is 0 Å². The molecule has 0 aliphatic carbocycles. The van der Waals surface area contributed by atoms with Crippen LogP contribution in [0.5, 0.6) is 0 Å². The minimum Gasteiger partial charge on any atom is -0.365 e. The summed E-state index contributed by atoms with van der Waals surface area (Å²) in [6.45, 7) is 4.29. The minimum absolute atomic E-state index is 0.0590. The van der Waals surface area contributed by atoms with Crippen molar-refractivity contribution < 1.29 is 4.79 Å². The molecule has 2 rings (SSSR count). The number of nitrogens with one attached hydrogen (secondary N) is 2. The number of anilines is 1. The lowest BCUT2D eigenvalue weighted by Crippen LogP contribution is -2.57. The molecule has 1 aliphatic heterocycles. The Morgan fingerprint density at radius 2 is 2.28 bits per heavy atom. The second-order valence-corrected chi connectivity index (χ2v) is 4.46. The zero-order valence-electron chi connectivity index (χ0n) is 10.8. The molecule has 1 aliphatic rings. The fourth-order valence-electron chi connectivity index (χ4n) is 1.95. The van der Waals surface area contributed by atoms with Crippen LogP contribution in [0.15, 0.2) is 12.4 Å². The number of carbonyl (C=O) groups excluding carboxylic acids is 1. The van der Waals surface area contributed by atoms with E-state index in [1.807, 2.05) is 6.07 Å². The molecule has 1 saturated heterocycles. The van der Waals surface area contributed by atoms with Gasteiger partial charge in [-0.1, -0.05) is 6.92 Å². The van der Waals surface area contributed by atoms with Crippen molar-refractivity contribution in [3.63, 3.8) is 0 Å². The molecule has 1 aromatic rings. The van der Waals surface area contributed by atoms with Gasteiger partial charge in [-0.2, -0.15) is 0 Å². The topological polar surface area (TPSA) is 70.2 Å². The van der Waals surface area contributed by atoms with Gasteiger partial charge in [-0.05, 0) is 6.42 Å². The Balaban J connectivity index is 1.77. The van der Waals surface area contributed by atoms with Crippen LogP contribution < -0.4 is 10.6 Å². The highest BCUT2D eigenvalue weighted by atomic mass is 16.1. The van der Waals surface area contributed by atoms with Crippen LogP contribution in [0.1, 0.15) is 12.6 Å². The summed E-state index contributed by atoms with van der Waals surface area (Å²) in [6.07, 6.45) is 2.49. The Morgan fingerprint density at radius 3 is 2.94 bits per heavy atom. The molecule has 1 fully saturated rings. The second kappa shape index (κ2) is 5.77. The number of nitrogens with zero attached hydrogens (tertiary/aromatic N) is 3. The predicted molar refractivity (Wildman–Crippen MR) is 69.3 cm³/mol. The molecule has 6 nitrogen and oxygen atoms in total. The van der Waals surface area contributed by atoms with E-state index in [0.717, 1.165) is 31.0 Å². The van der Waals surface area contributed by atoms with Crippen LogP contribution >= 0.6 is 0 Å². The van der Waals surface area contributed by atoms with E-state index in [2.05, 4.69) is 32.4 Å². The fraction of sp³-hybridized carbons (Fsp3) is 0.583. The first-order chi connectivity index (χ1) is 8.71. The standard InChI is InChI=1S/C12H19N5O/c1-3-9-4-11(15-8-14-9)16-10-5-17(6-10)7-12(18)13-2/h4,8,10H,3,5-7H2,1-2H3,(H,13,18)(H,14,15,16). The maximum atomic E-state index is 11.2. The first-order valence-corrected chi connectivity index (χ1v) is 6.21. The molecular weight excluding hydrogens is 230 g/mol. The van der Waals surface area contributed by atoms with Gasteiger partial charge < -0.3 is 10.6 Å². The molecule has 0 radical (unpaired) electrons. The predicted octanol–water partition coefficient (Wildman–Crippen LogP) is -0.119. The first-order valence-electron chi connectivity index (χ1n) is 6.21. The van der Waals surface area contributed by atoms with Gasteiger partial charge in [0.2, 0.25) is 5.91 Å². The molecule has 1 amide bonds. The van der Waals surface area contributed by atoms with Crippen molar-refractivity contribution in [2.75, 3.05) is 32.0 Å². The molecule has 6 heteroatoms. The van der Waals surface area contributed by atoms with Crippen molar-refractivity contribution in [1.82, 2.24) is 20.2 Å². The molecule has 0 atom stereocenters. The normalized spacial score (nSPS) is 16.1. The Labute approximate surface area is 107 Å². The van der Waals surface area contributed by atoms with Crippen LogP contribution in [-0.2, 0) is 11.2 Å². The summed E-state index contributed by atoms with van der Waals surface area (Å²) in [5.41, 5.74) is 1.04. The Kier molecular flexibility index (Phi) is 4.09. The van der Waals surface area contributed by atoms with Gasteiger partial charge in [-0.3, -0.25) is 9.69 Å². The smallest absolute Gasteiger partial charge is 0.233 e. The van der Waals surface area contributed by atoms with Gasteiger partial charge in [0.05, 0.1) is 12.6 Å². The number of likely N-dealkylation sites (tertiary alicyclic amines) is 1. The Hall–Kier alpha value is -1.69. The number of aryl methyl sites for hydroxylation is 1. The Morgan fingerprint density at radius 1 is 1.50 bits per heavy atom. The number of amides is 1. The third-order valence-corrected chi connectivity index (χ3v) is 3.04. The SMILES string of the molecule is CCc1cc(NC2CN(CC(=O)NC)C2)ncn1. The summed E-state index contributed by atoms with van der Waals surface area (Å²) in [5, 5.41) is 5.97. The molecule has 0 saturated carbocycles. The number of rotatable bonds is 5. The van der Waals surface area contributed by atoms with Crippen molar-refractivity contribution in [2.45, 2.75) is 19.4 Å². The van der Waals surface area contributed by atoms with Crippen molar-refractivity contribution in [2.24, 2.45) is 0 Å². The van der Waals surface area contributed by atoms with Crippen molar-refractivity contribution in [1.29, 1.82) is 0 Å². The van der Waals surface area contributed by atoms with E-state index in [0.29, 0.717) is 12.6 Å². The van der Waals surface area contributed by atoms with Gasteiger partial charge in [0, 0.05) is 31.9 Å². The summed E-state index contributed by atoms with van der Waals surface area (Å²) in [5.74, 6) is 0.926. The molecule has 98 valence electrons. The lowest BCUT2D eigenvalue weighted by molar-refractivity contribution is -0.122. The largest absolute Gasteiger partial charge is 0.365 e. The number of likely N-dealkylation sites (N-methyl/N-ethyl adjacent to an activating group) is 1. The van der Waals surface area contributed by atoms with Gasteiger partial charge in [0.25, 0.3) is 0 Å². The van der Waals surface area contributed by atoms with Crippen molar-refractivity contribution in [3.8, 4) is 0 Å². The zero-order chi connectivity index (χ0) is 13.0. The van der Waals surface area contributed by atoms with Gasteiger partial charge >= 0.3 is 0 Å². The van der Waals surface area contributed by atoms with E-state index >= 15 is 0 Å². The molecule has 2 heterocycles. The summed E-state index contributed by atoms with van der Waals surface area (Å²) in [6, 6.07) is 2.34. The number of aromatic nitrogens is 2. The highest BCUT2D eigenvalue weighted by Gasteiger charge is 2.27. The summed E-state index contributed by atoms with van der Waals surface area (Å²) < 4.78 is 0. The molecule has 2 N–H and O–H groups in total. The van der Waals surface area contributed by atoms with Crippen molar-refractivity contribution in [3.05, 3.63) is 18.1 Å². The van der Waals surface area contributed by atoms with Crippen LogP contribution in [-0.4, -0.2) is 53.5 Å². The third-order valence-electron chi connectivity index (χ3n) is 3.04. The molecule has 0 bridgehead atoms. The van der Waals surface area contributed by atoms with Crippen LogP contribution in [0.4, 0.5) is 5.82 Å².